The van der Waals surface area contributed by atoms with E-state index < -0.39 is 0 Å². The van der Waals surface area contributed by atoms with Gasteiger partial charge >= 0.3 is 0 Å². The highest BCUT2D eigenvalue weighted by Gasteiger charge is 2.64. The Morgan fingerprint density at radius 3 is 0.706 bits per heavy atom. The van der Waals surface area contributed by atoms with Crippen LogP contribution in [0, 0.1) is 5.92 Å². The van der Waals surface area contributed by atoms with E-state index in [-0.39, 0.29) is 21.6 Å². The molecule has 0 amide bonds. The van der Waals surface area contributed by atoms with E-state index in [0.29, 0.717) is 0 Å². The third-order valence-electron chi connectivity index (χ3n) is 25.7. The number of allylic oxidation sites excluding steroid dienone is 4. The lowest BCUT2D eigenvalue weighted by Crippen LogP contribution is -2.58. The van der Waals surface area contributed by atoms with Crippen LogP contribution in [0.2, 0.25) is 10.2 Å². The van der Waals surface area contributed by atoms with Crippen LogP contribution >= 0.6 is 0 Å². The van der Waals surface area contributed by atoms with Gasteiger partial charge in [-0.15, -0.1) is 21.2 Å². The predicted octanol–water partition coefficient (Wildman–Crippen LogP) is -37.5. The second kappa shape index (κ2) is 19.2. The molecule has 0 heterocycles. The van der Waals surface area contributed by atoms with Crippen LogP contribution in [0.1, 0.15) is 16.7 Å². The number of rotatable bonds is 5. The Morgan fingerprint density at radius 2 is 0.388 bits per heavy atom. The van der Waals surface area contributed by atoms with Crippen LogP contribution in [0.15, 0.2) is 10.9 Å². The normalized spacial score (nSPS) is 15.3. The molecule has 0 spiro atoms. The van der Waals surface area contributed by atoms with Crippen molar-refractivity contribution in [2.75, 3.05) is 0 Å². The molecule has 0 saturated heterocycles. The maximum absolute atomic E-state index is 2.61. The van der Waals surface area contributed by atoms with Crippen LogP contribution in [0.4, 0.5) is 0 Å². The van der Waals surface area contributed by atoms with Crippen LogP contribution in [0.25, 0.3) is 98.0 Å². The Morgan fingerprint density at radius 1 is 0.188 bits per heavy atom. The van der Waals surface area contributed by atoms with E-state index in [1.807, 2.05) is 0 Å². The predicted molar refractivity (Wildman–Crippen MR) is 488 cm³/mol. The SMILES string of the molecule is BC1=C2c3c(B)c(B)c(-c4c(B)c(B)c(-c5c(B)c(B)c6c(B)c(B)c7c(B)c(B)c(B)c8c(B)c(B)c5c6c78)c(B)c4B)c(B)c3C(C(B)(B)B)(C(B)(B)B)C2C(c2c(B)c(B)c3c(B)c(B)c4c(B)c(B)c(B)c5c(B)c(B)c2c3c45)=C1B. The van der Waals surface area contributed by atoms with Crippen molar-refractivity contribution in [1.29, 1.82) is 0 Å². The molecule has 12 rings (SSSR count). The fourth-order valence-corrected chi connectivity index (χ4v) is 20.4. The average molecular weight is 1050 g/mol. The molecule has 0 N–H and O–H groups in total. The summed E-state index contributed by atoms with van der Waals surface area (Å²) in [6.45, 7) is 0. The van der Waals surface area contributed by atoms with Gasteiger partial charge in [0.25, 0.3) is 0 Å². The fraction of sp³-hybridized carbons (Fsp3) is 0.0769. The first-order valence-electron chi connectivity index (χ1n) is 32.4. The molecule has 2 aliphatic rings. The molecule has 85 heavy (non-hydrogen) atoms. The molecule has 0 fully saturated rings. The highest BCUT2D eigenvalue weighted by molar-refractivity contribution is 6.79. The van der Waals surface area contributed by atoms with E-state index in [1.54, 1.807) is 16.7 Å². The lowest BCUT2D eigenvalue weighted by Gasteiger charge is -2.58. The van der Waals surface area contributed by atoms with Crippen LogP contribution in [0.5, 0.6) is 0 Å². The first-order chi connectivity index (χ1) is 39.3. The van der Waals surface area contributed by atoms with E-state index >= 15 is 0 Å². The van der Waals surface area contributed by atoms with E-state index in [0.717, 1.165) is 0 Å². The molecule has 10 aromatic rings. The quantitative estimate of drug-likeness (QED) is 0.119. The monoisotopic (exact) mass is 1050 g/mol. The molecule has 374 valence electrons. The van der Waals surface area contributed by atoms with Crippen molar-refractivity contribution in [2.45, 2.75) is 15.6 Å². The van der Waals surface area contributed by atoms with Crippen LogP contribution in [0.3, 0.4) is 0 Å². The molecule has 0 bridgehead atoms. The zero-order valence-electron chi connectivity index (χ0n) is 59.1. The van der Waals surface area contributed by atoms with Crippen molar-refractivity contribution >= 4 is 471 Å². The Hall–Kier alpha value is -4.10. The van der Waals surface area contributed by atoms with Gasteiger partial charge in [0.1, 0.15) is 212 Å². The Bertz CT molecular complexity index is 4890. The van der Waals surface area contributed by atoms with Crippen molar-refractivity contribution in [3.05, 3.63) is 27.6 Å². The molecule has 33 heteroatoms. The molecule has 0 saturated carbocycles. The lowest BCUT2D eigenvalue weighted by molar-refractivity contribution is 0.399. The van der Waals surface area contributed by atoms with Crippen LogP contribution < -0.4 is 137 Å². The topological polar surface area (TPSA) is 0 Å². The second-order valence-electron chi connectivity index (χ2n) is 30.6. The molecule has 2 aliphatic carbocycles. The molecule has 0 radical (unpaired) electrons. The van der Waals surface area contributed by atoms with Gasteiger partial charge in [0.15, 0.2) is 0 Å². The Kier molecular flexibility index (Phi) is 13.8. The molecular weight excluding hydrogens is 981 g/mol. The van der Waals surface area contributed by atoms with Gasteiger partial charge in [-0.2, -0.15) is 0 Å². The molecule has 0 aliphatic heterocycles. The average Bonchev–Trinajstić information content (AvgIpc) is 1.75. The summed E-state index contributed by atoms with van der Waals surface area (Å²) in [6, 6.07) is 0. The first-order valence-corrected chi connectivity index (χ1v) is 32.4. The standard InChI is InChI=1S/C52H67B33/c53-23-19(20-42(72)39(69)18(40(70)43(20)73)8-6-2-4-15(34(64)25(6)55)45(75)49(79)47(77)17(4)38(68)36(66)13(2)32(62)27(8)57)41(71)30(60)11-10-21(50(22(11)23,51(80,81)82)52(83,84)85)9(28(58)29(10)59)7-5-1-3-14(33(63)24(5)54)44(74)48(78)46(76)16(3)37(67)35(65)12(1)31(61)26(7)56/h21H,53-85H2. The summed E-state index contributed by atoms with van der Waals surface area (Å²) in [6.07, 6.45) is 0. The minimum atomic E-state index is -0.302. The van der Waals surface area contributed by atoms with Gasteiger partial charge in [-0.25, -0.2) is 0 Å². The second-order valence-corrected chi connectivity index (χ2v) is 30.6. The van der Waals surface area contributed by atoms with Gasteiger partial charge in [-0.05, 0) is 120 Å². The highest BCUT2D eigenvalue weighted by atomic mass is 14.6. The molecule has 1 atom stereocenters. The van der Waals surface area contributed by atoms with Crippen LogP contribution in [-0.2, 0) is 5.41 Å². The van der Waals surface area contributed by atoms with Gasteiger partial charge in [0, 0.05) is 5.92 Å². The molecular formula is C52H67B33. The highest BCUT2D eigenvalue weighted by Crippen LogP contribution is 2.71. The summed E-state index contributed by atoms with van der Waals surface area (Å²) < 4.78 is 0. The Balaban J connectivity index is 1.18. The molecule has 0 aromatic heterocycles. The first kappa shape index (κ1) is 61.2. The van der Waals surface area contributed by atoms with Gasteiger partial charge < -0.3 is 0 Å². The zero-order chi connectivity index (χ0) is 62.8. The van der Waals surface area contributed by atoms with E-state index in [4.69, 9.17) is 0 Å². The minimum Gasteiger partial charge on any atom is -0.102 e. The summed E-state index contributed by atoms with van der Waals surface area (Å²) in [4.78, 5) is 0. The van der Waals surface area contributed by atoms with Gasteiger partial charge in [-0.3, -0.25) is 0 Å². The number of hydrogen-bond acceptors (Lipinski definition) is 0. The van der Waals surface area contributed by atoms with Crippen molar-refractivity contribution in [2.24, 2.45) is 5.92 Å². The number of fused-ring (bicyclic) bond motifs is 3. The van der Waals surface area contributed by atoms with E-state index in [1.165, 1.54) is 246 Å². The van der Waals surface area contributed by atoms with Crippen molar-refractivity contribution in [3.8, 4) is 22.3 Å². The third kappa shape index (κ3) is 7.07. The zero-order valence-corrected chi connectivity index (χ0v) is 59.1. The summed E-state index contributed by atoms with van der Waals surface area (Å²) in [5.74, 6) is 0.142. The van der Waals surface area contributed by atoms with E-state index in [2.05, 4.69) is 259 Å². The maximum Gasteiger partial charge on any atom is 0.140 e. The molecule has 10 aromatic carbocycles. The Labute approximate surface area is 538 Å². The molecule has 0 nitrogen and oxygen atoms in total. The van der Waals surface area contributed by atoms with Crippen LogP contribution in [-0.4, -0.2) is 259 Å². The maximum atomic E-state index is 2.61. The summed E-state index contributed by atoms with van der Waals surface area (Å²) in [5.41, 5.74) is 52.0. The summed E-state index contributed by atoms with van der Waals surface area (Å²) in [5, 5.41) is 17.4. The van der Waals surface area contributed by atoms with E-state index in [9.17, 15) is 0 Å². The number of benzene rings is 10. The van der Waals surface area contributed by atoms with Crippen molar-refractivity contribution < 1.29 is 0 Å². The van der Waals surface area contributed by atoms with Crippen molar-refractivity contribution in [1.82, 2.24) is 0 Å². The minimum absolute atomic E-state index is 0.142. The van der Waals surface area contributed by atoms with Gasteiger partial charge in [0.2, 0.25) is 0 Å². The van der Waals surface area contributed by atoms with Crippen molar-refractivity contribution in [3.63, 3.8) is 0 Å². The smallest absolute Gasteiger partial charge is 0.102 e. The third-order valence-corrected chi connectivity index (χ3v) is 25.7. The lowest BCUT2D eigenvalue weighted by atomic mass is 9.16. The number of hydrogen-bond donors (Lipinski definition) is 0. The summed E-state index contributed by atoms with van der Waals surface area (Å²) in [7, 11) is 81.5. The molecule has 1 unspecified atom stereocenters. The van der Waals surface area contributed by atoms with Gasteiger partial charge in [-0.1, -0.05) is 137 Å². The largest absolute Gasteiger partial charge is 0.140 e. The van der Waals surface area contributed by atoms with Gasteiger partial charge in [0.05, 0.1) is 47.1 Å². The summed E-state index contributed by atoms with van der Waals surface area (Å²) >= 11 is 0. The fourth-order valence-electron chi connectivity index (χ4n) is 20.4.